The molecule has 0 spiro atoms. The van der Waals surface area contributed by atoms with E-state index in [0.29, 0.717) is 19.0 Å². The number of hydrogen-bond donors (Lipinski definition) is 2. The molecule has 3 heterocycles. The van der Waals surface area contributed by atoms with E-state index in [1.807, 2.05) is 6.07 Å². The maximum Gasteiger partial charge on any atom is 0.407 e. The Labute approximate surface area is 141 Å². The van der Waals surface area contributed by atoms with Crippen LogP contribution < -0.4 is 4.74 Å². The summed E-state index contributed by atoms with van der Waals surface area (Å²) in [6.45, 7) is 7.29. The number of rotatable bonds is 3. The zero-order valence-electron chi connectivity index (χ0n) is 14.3. The van der Waals surface area contributed by atoms with Crippen molar-refractivity contribution < 1.29 is 14.6 Å². The van der Waals surface area contributed by atoms with Crippen LogP contribution in [-0.2, 0) is 0 Å². The molecule has 7 heteroatoms. The van der Waals surface area contributed by atoms with Crippen LogP contribution in [0.15, 0.2) is 18.6 Å². The van der Waals surface area contributed by atoms with E-state index in [4.69, 9.17) is 4.74 Å². The molecule has 7 nitrogen and oxygen atoms in total. The van der Waals surface area contributed by atoms with Crippen LogP contribution in [-0.4, -0.2) is 50.2 Å². The van der Waals surface area contributed by atoms with Gasteiger partial charge in [0.25, 0.3) is 0 Å². The smallest absolute Gasteiger partial charge is 0.407 e. The van der Waals surface area contributed by atoms with Gasteiger partial charge < -0.3 is 19.7 Å². The van der Waals surface area contributed by atoms with Crippen molar-refractivity contribution in [1.29, 1.82) is 0 Å². The molecule has 0 radical (unpaired) electrons. The minimum absolute atomic E-state index is 0.0766. The number of aromatic amines is 1. The summed E-state index contributed by atoms with van der Waals surface area (Å²) in [6, 6.07) is 1.81. The van der Waals surface area contributed by atoms with Crippen LogP contribution in [0.5, 0.6) is 5.88 Å². The Morgan fingerprint density at radius 3 is 2.96 bits per heavy atom. The average Bonchev–Trinajstić information content (AvgIpc) is 3.00. The molecule has 130 valence electrons. The third-order valence-electron chi connectivity index (χ3n) is 4.64. The first kappa shape index (κ1) is 16.5. The van der Waals surface area contributed by atoms with Crippen molar-refractivity contribution in [3.8, 4) is 5.88 Å². The topological polar surface area (TPSA) is 91.3 Å². The summed E-state index contributed by atoms with van der Waals surface area (Å²) in [7, 11) is 0. The zero-order valence-corrected chi connectivity index (χ0v) is 14.3. The standard InChI is InChI=1S/C17H24N4O3/c1-17(2,3)13-11(5-4-8-21(13)16(22)23)9-24-15-12-6-7-18-14(12)19-10-20-15/h6-7,10-11,13H,4-5,8-9H2,1-3H3,(H,22,23)(H,18,19,20). The number of nitrogens with one attached hydrogen (secondary N) is 1. The number of amides is 1. The average molecular weight is 332 g/mol. The Kier molecular flexibility index (Phi) is 4.34. The quantitative estimate of drug-likeness (QED) is 0.901. The lowest BCUT2D eigenvalue weighted by Crippen LogP contribution is -2.55. The Hall–Kier alpha value is -2.31. The summed E-state index contributed by atoms with van der Waals surface area (Å²) in [5.74, 6) is 0.681. The van der Waals surface area contributed by atoms with Crippen LogP contribution in [0.25, 0.3) is 11.0 Å². The highest BCUT2D eigenvalue weighted by Crippen LogP contribution is 2.36. The highest BCUT2D eigenvalue weighted by Gasteiger charge is 2.42. The predicted molar refractivity (Wildman–Crippen MR) is 90.1 cm³/mol. The Bertz CT molecular complexity index is 722. The molecule has 24 heavy (non-hydrogen) atoms. The van der Waals surface area contributed by atoms with Gasteiger partial charge in [-0.2, -0.15) is 0 Å². The fourth-order valence-electron chi connectivity index (χ4n) is 3.79. The summed E-state index contributed by atoms with van der Waals surface area (Å²) >= 11 is 0. The van der Waals surface area contributed by atoms with Gasteiger partial charge in [-0.15, -0.1) is 0 Å². The molecule has 0 aromatic carbocycles. The van der Waals surface area contributed by atoms with Crippen LogP contribution in [0.1, 0.15) is 33.6 Å². The van der Waals surface area contributed by atoms with Gasteiger partial charge in [0.2, 0.25) is 5.88 Å². The normalized spacial score (nSPS) is 21.9. The predicted octanol–water partition coefficient (Wildman–Crippen LogP) is 3.14. The first-order valence-corrected chi connectivity index (χ1v) is 8.28. The number of nitrogens with zero attached hydrogens (tertiary/aromatic N) is 3. The van der Waals surface area contributed by atoms with E-state index in [1.165, 1.54) is 6.33 Å². The summed E-state index contributed by atoms with van der Waals surface area (Å²) in [6.07, 6.45) is 4.23. The molecule has 1 aliphatic heterocycles. The highest BCUT2D eigenvalue weighted by atomic mass is 16.5. The van der Waals surface area contributed by atoms with E-state index in [-0.39, 0.29) is 17.4 Å². The first-order chi connectivity index (χ1) is 11.4. The fourth-order valence-corrected chi connectivity index (χ4v) is 3.79. The number of carbonyl (C=O) groups is 1. The van der Waals surface area contributed by atoms with Crippen molar-refractivity contribution in [2.75, 3.05) is 13.2 Å². The molecule has 0 aliphatic carbocycles. The molecule has 2 aromatic heterocycles. The molecular weight excluding hydrogens is 308 g/mol. The van der Waals surface area contributed by atoms with Gasteiger partial charge >= 0.3 is 6.09 Å². The molecule has 2 N–H and O–H groups in total. The molecule has 3 rings (SSSR count). The second kappa shape index (κ2) is 6.30. The monoisotopic (exact) mass is 332 g/mol. The fraction of sp³-hybridized carbons (Fsp3) is 0.588. The lowest BCUT2D eigenvalue weighted by molar-refractivity contribution is 0.00638. The molecule has 2 unspecified atom stereocenters. The van der Waals surface area contributed by atoms with Crippen LogP contribution in [0, 0.1) is 11.3 Å². The van der Waals surface area contributed by atoms with Crippen molar-refractivity contribution in [2.24, 2.45) is 11.3 Å². The van der Waals surface area contributed by atoms with Crippen molar-refractivity contribution in [3.63, 3.8) is 0 Å². The molecule has 1 amide bonds. The number of carboxylic acid groups (broad SMARTS) is 1. The lowest BCUT2D eigenvalue weighted by Gasteiger charge is -2.46. The maximum absolute atomic E-state index is 11.6. The van der Waals surface area contributed by atoms with Crippen LogP contribution in [0.4, 0.5) is 4.79 Å². The van der Waals surface area contributed by atoms with Gasteiger partial charge in [-0.25, -0.2) is 14.8 Å². The van der Waals surface area contributed by atoms with Gasteiger partial charge in [0.15, 0.2) is 0 Å². The highest BCUT2D eigenvalue weighted by molar-refractivity contribution is 5.80. The van der Waals surface area contributed by atoms with Crippen LogP contribution in [0.3, 0.4) is 0 Å². The third kappa shape index (κ3) is 3.16. The van der Waals surface area contributed by atoms with Crippen LogP contribution in [0.2, 0.25) is 0 Å². The van der Waals surface area contributed by atoms with Gasteiger partial charge in [0.1, 0.15) is 12.0 Å². The van der Waals surface area contributed by atoms with E-state index in [9.17, 15) is 9.90 Å². The molecule has 1 saturated heterocycles. The van der Waals surface area contributed by atoms with Gasteiger partial charge in [-0.1, -0.05) is 20.8 Å². The lowest BCUT2D eigenvalue weighted by atomic mass is 9.74. The summed E-state index contributed by atoms with van der Waals surface area (Å²) in [5, 5.41) is 10.4. The molecule has 2 atom stereocenters. The number of ether oxygens (including phenoxy) is 1. The number of piperidine rings is 1. The van der Waals surface area contributed by atoms with Gasteiger partial charge in [0.05, 0.1) is 12.0 Å². The van der Waals surface area contributed by atoms with Crippen molar-refractivity contribution in [3.05, 3.63) is 18.6 Å². The van der Waals surface area contributed by atoms with Crippen molar-refractivity contribution in [2.45, 2.75) is 39.7 Å². The zero-order chi connectivity index (χ0) is 17.3. The van der Waals surface area contributed by atoms with Gasteiger partial charge in [0, 0.05) is 24.7 Å². The number of H-pyrrole nitrogens is 1. The van der Waals surface area contributed by atoms with Crippen LogP contribution >= 0.6 is 0 Å². The maximum atomic E-state index is 11.6. The van der Waals surface area contributed by atoms with Crippen molar-refractivity contribution in [1.82, 2.24) is 19.9 Å². The molecule has 2 aromatic rings. The van der Waals surface area contributed by atoms with E-state index < -0.39 is 6.09 Å². The third-order valence-corrected chi connectivity index (χ3v) is 4.64. The summed E-state index contributed by atoms with van der Waals surface area (Å²) in [5.41, 5.74) is 0.588. The van der Waals surface area contributed by atoms with Gasteiger partial charge in [-0.05, 0) is 24.3 Å². The van der Waals surface area contributed by atoms with Gasteiger partial charge in [-0.3, -0.25) is 0 Å². The van der Waals surface area contributed by atoms with E-state index in [0.717, 1.165) is 23.9 Å². The molecule has 1 aliphatic rings. The molecule has 1 fully saturated rings. The Morgan fingerprint density at radius 2 is 2.25 bits per heavy atom. The Morgan fingerprint density at radius 1 is 1.46 bits per heavy atom. The second-order valence-corrected chi connectivity index (χ2v) is 7.42. The second-order valence-electron chi connectivity index (χ2n) is 7.42. The molecule has 0 bridgehead atoms. The van der Waals surface area contributed by atoms with E-state index in [2.05, 4.69) is 35.7 Å². The SMILES string of the molecule is CC(C)(C)C1C(COc2ncnc3[nH]ccc23)CCCN1C(=O)O. The minimum Gasteiger partial charge on any atom is -0.477 e. The van der Waals surface area contributed by atoms with E-state index in [1.54, 1.807) is 11.1 Å². The summed E-state index contributed by atoms with van der Waals surface area (Å²) in [4.78, 5) is 24.6. The first-order valence-electron chi connectivity index (χ1n) is 8.28. The molecule has 0 saturated carbocycles. The van der Waals surface area contributed by atoms with Crippen molar-refractivity contribution >= 4 is 17.1 Å². The number of likely N-dealkylation sites (tertiary alicyclic amines) is 1. The minimum atomic E-state index is -0.852. The van der Waals surface area contributed by atoms with E-state index >= 15 is 0 Å². The number of fused-ring (bicyclic) bond motifs is 1. The Balaban J connectivity index is 1.79. The molecular formula is C17H24N4O3. The largest absolute Gasteiger partial charge is 0.477 e. The summed E-state index contributed by atoms with van der Waals surface area (Å²) < 4.78 is 5.98. The number of aromatic nitrogens is 3. The number of hydrogen-bond acceptors (Lipinski definition) is 4.